The number of amides is 1. The Bertz CT molecular complexity index is 746. The van der Waals surface area contributed by atoms with Crippen LogP contribution in [-0.2, 0) is 11.2 Å². The number of hydrogen-bond donors (Lipinski definition) is 2. The number of carbonyl (C=O) groups excluding carboxylic acids is 1. The largest absolute Gasteiger partial charge is 0.327 e. The minimum Gasteiger partial charge on any atom is -0.327 e. The van der Waals surface area contributed by atoms with Crippen LogP contribution in [0.1, 0.15) is 35.4 Å². The number of rotatable bonds is 4. The van der Waals surface area contributed by atoms with Crippen LogP contribution in [0.25, 0.3) is 0 Å². The van der Waals surface area contributed by atoms with E-state index in [4.69, 9.17) is 5.73 Å². The lowest BCUT2D eigenvalue weighted by molar-refractivity contribution is -0.121. The average Bonchev–Trinajstić information content (AvgIpc) is 3.26. The van der Waals surface area contributed by atoms with Gasteiger partial charge in [0.2, 0.25) is 11.0 Å². The predicted molar refractivity (Wildman–Crippen MR) is 102 cm³/mol. The van der Waals surface area contributed by atoms with Crippen LogP contribution in [0.3, 0.4) is 0 Å². The van der Waals surface area contributed by atoms with Crippen LogP contribution in [0.4, 0.5) is 5.13 Å². The molecule has 2 saturated carbocycles. The Hall–Kier alpha value is -1.50. The van der Waals surface area contributed by atoms with Gasteiger partial charge in [-0.3, -0.25) is 4.79 Å². The van der Waals surface area contributed by atoms with E-state index >= 15 is 0 Å². The third-order valence-corrected chi connectivity index (χ3v) is 6.29. The second-order valence-corrected chi connectivity index (χ2v) is 8.15. The van der Waals surface area contributed by atoms with Gasteiger partial charge in [-0.05, 0) is 43.6 Å². The van der Waals surface area contributed by atoms with Crippen molar-refractivity contribution in [1.82, 2.24) is 10.2 Å². The highest BCUT2D eigenvalue weighted by molar-refractivity contribution is 7.15. The molecule has 5 nitrogen and oxygen atoms in total. The van der Waals surface area contributed by atoms with Crippen LogP contribution in [0.2, 0.25) is 0 Å². The van der Waals surface area contributed by atoms with Gasteiger partial charge in [0.15, 0.2) is 0 Å². The average molecular weight is 379 g/mol. The zero-order valence-electron chi connectivity index (χ0n) is 14.1. The molecule has 2 bridgehead atoms. The SMILES string of the molecule is Cc1ccc(Cc2nnc(NC(=O)C3C4CCC(C4)C3N)s2)cc1.Cl. The number of aromatic nitrogens is 2. The molecule has 1 aromatic heterocycles. The standard InChI is InChI=1S/C18H22N4OS.ClH/c1-10-2-4-11(5-3-10)8-14-21-22-18(24-14)20-17(23)15-12-6-7-13(9-12)16(15)19;/h2-5,12-13,15-16H,6-9,19H2,1H3,(H,20,22,23);1H. The highest BCUT2D eigenvalue weighted by atomic mass is 35.5. The van der Waals surface area contributed by atoms with Crippen molar-refractivity contribution < 1.29 is 4.79 Å². The van der Waals surface area contributed by atoms with E-state index < -0.39 is 0 Å². The molecule has 3 N–H and O–H groups in total. The van der Waals surface area contributed by atoms with Crippen molar-refractivity contribution in [2.24, 2.45) is 23.5 Å². The number of nitrogens with two attached hydrogens (primary N) is 1. The lowest BCUT2D eigenvalue weighted by Gasteiger charge is -2.26. The third-order valence-electron chi connectivity index (χ3n) is 5.46. The molecule has 4 unspecified atom stereocenters. The molecule has 4 atom stereocenters. The Morgan fingerprint density at radius 3 is 2.64 bits per heavy atom. The van der Waals surface area contributed by atoms with Crippen molar-refractivity contribution in [2.75, 3.05) is 5.32 Å². The summed E-state index contributed by atoms with van der Waals surface area (Å²) in [6.07, 6.45) is 4.15. The number of nitrogens with zero attached hydrogens (tertiary/aromatic N) is 2. The second kappa shape index (κ2) is 7.40. The lowest BCUT2D eigenvalue weighted by Crippen LogP contribution is -2.42. The summed E-state index contributed by atoms with van der Waals surface area (Å²) >= 11 is 1.45. The van der Waals surface area contributed by atoms with Gasteiger partial charge in [-0.1, -0.05) is 41.2 Å². The van der Waals surface area contributed by atoms with Gasteiger partial charge in [0, 0.05) is 12.5 Å². The molecule has 25 heavy (non-hydrogen) atoms. The summed E-state index contributed by atoms with van der Waals surface area (Å²) in [6.45, 7) is 2.07. The van der Waals surface area contributed by atoms with Crippen molar-refractivity contribution >= 4 is 34.8 Å². The molecule has 1 heterocycles. The molecule has 0 saturated heterocycles. The van der Waals surface area contributed by atoms with E-state index in [1.165, 1.54) is 28.9 Å². The maximum atomic E-state index is 12.6. The molecule has 2 aliphatic carbocycles. The molecule has 2 fully saturated rings. The Morgan fingerprint density at radius 2 is 1.96 bits per heavy atom. The smallest absolute Gasteiger partial charge is 0.231 e. The second-order valence-electron chi connectivity index (χ2n) is 7.09. The first-order valence-corrected chi connectivity index (χ1v) is 9.36. The van der Waals surface area contributed by atoms with E-state index in [1.807, 2.05) is 0 Å². The molecular weight excluding hydrogens is 356 g/mol. The number of hydrogen-bond acceptors (Lipinski definition) is 5. The molecule has 2 aliphatic rings. The van der Waals surface area contributed by atoms with Crippen molar-refractivity contribution in [3.05, 3.63) is 40.4 Å². The zero-order valence-corrected chi connectivity index (χ0v) is 15.8. The maximum Gasteiger partial charge on any atom is 0.231 e. The number of carbonyl (C=O) groups is 1. The molecule has 0 aliphatic heterocycles. The predicted octanol–water partition coefficient (Wildman–Crippen LogP) is 3.17. The van der Waals surface area contributed by atoms with E-state index in [1.54, 1.807) is 0 Å². The Labute approximate surface area is 157 Å². The Kier molecular flexibility index (Phi) is 5.41. The van der Waals surface area contributed by atoms with Gasteiger partial charge in [-0.25, -0.2) is 0 Å². The van der Waals surface area contributed by atoms with Gasteiger partial charge in [0.1, 0.15) is 5.01 Å². The van der Waals surface area contributed by atoms with Crippen molar-refractivity contribution in [3.8, 4) is 0 Å². The lowest BCUT2D eigenvalue weighted by atomic mass is 9.84. The first kappa shape index (κ1) is 18.3. The van der Waals surface area contributed by atoms with Crippen LogP contribution >= 0.6 is 23.7 Å². The van der Waals surface area contributed by atoms with Gasteiger partial charge in [-0.2, -0.15) is 0 Å². The molecule has 0 radical (unpaired) electrons. The highest BCUT2D eigenvalue weighted by Gasteiger charge is 2.49. The fraction of sp³-hybridized carbons (Fsp3) is 0.500. The molecule has 0 spiro atoms. The maximum absolute atomic E-state index is 12.6. The van der Waals surface area contributed by atoms with Gasteiger partial charge >= 0.3 is 0 Å². The van der Waals surface area contributed by atoms with Crippen LogP contribution in [0, 0.1) is 24.7 Å². The Balaban J connectivity index is 0.00000182. The number of aryl methyl sites for hydroxylation is 1. The summed E-state index contributed by atoms with van der Waals surface area (Å²) in [5.74, 6) is 0.933. The van der Waals surface area contributed by atoms with E-state index in [0.717, 1.165) is 24.3 Å². The van der Waals surface area contributed by atoms with Crippen LogP contribution < -0.4 is 11.1 Å². The minimum atomic E-state index is -0.0619. The molecule has 4 rings (SSSR count). The summed E-state index contributed by atoms with van der Waals surface area (Å²) in [4.78, 5) is 12.6. The monoisotopic (exact) mass is 378 g/mol. The number of nitrogens with one attached hydrogen (secondary N) is 1. The highest BCUT2D eigenvalue weighted by Crippen LogP contribution is 2.47. The normalized spacial score (nSPS) is 27.1. The summed E-state index contributed by atoms with van der Waals surface area (Å²) in [5.41, 5.74) is 8.69. The summed E-state index contributed by atoms with van der Waals surface area (Å²) in [5, 5.41) is 12.8. The fourth-order valence-corrected chi connectivity index (χ4v) is 4.95. The van der Waals surface area contributed by atoms with Gasteiger partial charge in [0.05, 0.1) is 5.92 Å². The first-order valence-electron chi connectivity index (χ1n) is 8.54. The number of halogens is 1. The van der Waals surface area contributed by atoms with E-state index in [-0.39, 0.29) is 30.3 Å². The van der Waals surface area contributed by atoms with Crippen LogP contribution in [0.15, 0.2) is 24.3 Å². The zero-order chi connectivity index (χ0) is 16.7. The number of anilines is 1. The molecule has 7 heteroatoms. The van der Waals surface area contributed by atoms with Gasteiger partial charge in [-0.15, -0.1) is 22.6 Å². The third kappa shape index (κ3) is 3.71. The molecule has 2 aromatic rings. The molecule has 1 amide bonds. The fourth-order valence-electron chi connectivity index (χ4n) is 4.17. The van der Waals surface area contributed by atoms with E-state index in [0.29, 0.717) is 17.0 Å². The van der Waals surface area contributed by atoms with Crippen molar-refractivity contribution in [2.45, 2.75) is 38.6 Å². The van der Waals surface area contributed by atoms with Gasteiger partial charge in [0.25, 0.3) is 0 Å². The first-order chi connectivity index (χ1) is 11.6. The summed E-state index contributed by atoms with van der Waals surface area (Å²) < 4.78 is 0. The Morgan fingerprint density at radius 1 is 1.24 bits per heavy atom. The topological polar surface area (TPSA) is 80.9 Å². The van der Waals surface area contributed by atoms with Crippen molar-refractivity contribution in [1.29, 1.82) is 0 Å². The quantitative estimate of drug-likeness (QED) is 0.856. The molecule has 134 valence electrons. The molecule has 1 aromatic carbocycles. The van der Waals surface area contributed by atoms with E-state index in [9.17, 15) is 4.79 Å². The van der Waals surface area contributed by atoms with Crippen LogP contribution in [-0.4, -0.2) is 22.1 Å². The van der Waals surface area contributed by atoms with Crippen molar-refractivity contribution in [3.63, 3.8) is 0 Å². The van der Waals surface area contributed by atoms with Crippen LogP contribution in [0.5, 0.6) is 0 Å². The number of benzene rings is 1. The number of fused-ring (bicyclic) bond motifs is 2. The summed E-state index contributed by atoms with van der Waals surface area (Å²) in [6, 6.07) is 8.39. The van der Waals surface area contributed by atoms with E-state index in [2.05, 4.69) is 46.7 Å². The van der Waals surface area contributed by atoms with Gasteiger partial charge < -0.3 is 11.1 Å². The molecular formula is C18H23ClN4OS. The summed E-state index contributed by atoms with van der Waals surface area (Å²) in [7, 11) is 0. The minimum absolute atomic E-state index is 0.